The second kappa shape index (κ2) is 9.06. The van der Waals surface area contributed by atoms with Gasteiger partial charge in [-0.25, -0.2) is 3.63 Å². The van der Waals surface area contributed by atoms with Gasteiger partial charge in [-0.3, -0.25) is 4.79 Å². The lowest BCUT2D eigenvalue weighted by Crippen LogP contribution is -2.35. The van der Waals surface area contributed by atoms with E-state index in [-0.39, 0.29) is 12.2 Å². The summed E-state index contributed by atoms with van der Waals surface area (Å²) in [6, 6.07) is 0. The molecule has 1 fully saturated rings. The molecule has 1 atom stereocenters. The van der Waals surface area contributed by atoms with Crippen LogP contribution < -0.4 is 0 Å². The second-order valence-corrected chi connectivity index (χ2v) is 12.5. The number of alkyl halides is 6. The van der Waals surface area contributed by atoms with Gasteiger partial charge in [0, 0.05) is 6.42 Å². The zero-order valence-electron chi connectivity index (χ0n) is 13.7. The number of carbonyl (C=O) groups is 1. The molecule has 164 valence electrons. The SMILES string of the molecule is CS(C)(OS(=O)(=O)C(F)(F)F)C1CCCCC1=O.O=S(=O)(OS)C(F)(F)F. The summed E-state index contributed by atoms with van der Waals surface area (Å²) in [6.07, 6.45) is 4.61. The molecule has 17 heteroatoms. The fraction of sp³-hybridized carbons (Fsp3) is 0.900. The van der Waals surface area contributed by atoms with Crippen LogP contribution in [0.3, 0.4) is 0 Å². The van der Waals surface area contributed by atoms with E-state index in [1.165, 1.54) is 12.5 Å². The standard InChI is InChI=1S/C9H15F3O4S2.CHF3O3S2/c1-17(2,8-6-4-3-5-7(8)13)16-18(14,15)9(10,11)12;2-1(3,4)9(5,6)7-8/h8H,3-6H2,1-2H3;8H. The normalized spacial score (nSPS) is 20.6. The molecule has 0 aromatic heterocycles. The minimum atomic E-state index is -5.64. The minimum Gasteiger partial charge on any atom is -0.298 e. The zero-order valence-corrected chi connectivity index (χ0v) is 17.0. The molecular weight excluding hydrogens is 474 g/mol. The first-order valence-corrected chi connectivity index (χ1v) is 12.3. The van der Waals surface area contributed by atoms with Gasteiger partial charge < -0.3 is 0 Å². The summed E-state index contributed by atoms with van der Waals surface area (Å²) in [5.74, 6) is -0.210. The van der Waals surface area contributed by atoms with E-state index >= 15 is 0 Å². The van der Waals surface area contributed by atoms with Gasteiger partial charge in [0.15, 0.2) is 0 Å². The van der Waals surface area contributed by atoms with Crippen LogP contribution in [0.15, 0.2) is 0 Å². The van der Waals surface area contributed by atoms with E-state index in [1.54, 1.807) is 0 Å². The molecule has 27 heavy (non-hydrogen) atoms. The molecule has 0 radical (unpaired) electrons. The maximum Gasteiger partial charge on any atom is 0.524 e. The minimum absolute atomic E-state index is 0.210. The predicted octanol–water partition coefficient (Wildman–Crippen LogP) is 3.04. The van der Waals surface area contributed by atoms with E-state index < -0.39 is 46.8 Å². The van der Waals surface area contributed by atoms with Gasteiger partial charge >= 0.3 is 31.3 Å². The third-order valence-electron chi connectivity index (χ3n) is 3.11. The first kappa shape index (κ1) is 26.8. The van der Waals surface area contributed by atoms with Crippen LogP contribution in [-0.2, 0) is 32.3 Å². The van der Waals surface area contributed by atoms with Crippen LogP contribution in [0, 0.1) is 0 Å². The van der Waals surface area contributed by atoms with Crippen molar-refractivity contribution in [1.82, 2.24) is 0 Å². The molecule has 0 heterocycles. The first-order valence-electron chi connectivity index (χ1n) is 6.70. The van der Waals surface area contributed by atoms with Crippen molar-refractivity contribution in [2.45, 2.75) is 41.9 Å². The Bertz CT molecular complexity index is 726. The van der Waals surface area contributed by atoms with Crippen molar-refractivity contribution in [3.05, 3.63) is 0 Å². The summed E-state index contributed by atoms with van der Waals surface area (Å²) in [4.78, 5) is 11.6. The summed E-state index contributed by atoms with van der Waals surface area (Å²) < 4.78 is 118. The summed E-state index contributed by atoms with van der Waals surface area (Å²) in [5, 5.41) is -0.733. The largest absolute Gasteiger partial charge is 0.524 e. The van der Waals surface area contributed by atoms with Gasteiger partial charge in [0.1, 0.15) is 5.78 Å². The average molecular weight is 490 g/mol. The number of hydrogen-bond acceptors (Lipinski definition) is 8. The molecule has 0 aromatic carbocycles. The van der Waals surface area contributed by atoms with Crippen LogP contribution in [0.25, 0.3) is 0 Å². The summed E-state index contributed by atoms with van der Waals surface area (Å²) in [5.41, 5.74) is -10.8. The smallest absolute Gasteiger partial charge is 0.298 e. The van der Waals surface area contributed by atoms with Crippen molar-refractivity contribution in [1.29, 1.82) is 0 Å². The molecule has 0 amide bonds. The van der Waals surface area contributed by atoms with Crippen LogP contribution in [0.4, 0.5) is 26.3 Å². The molecule has 1 aliphatic carbocycles. The molecule has 1 aliphatic rings. The fourth-order valence-electron chi connectivity index (χ4n) is 1.91. The maximum atomic E-state index is 12.2. The lowest BCUT2D eigenvalue weighted by atomic mass is 9.99. The van der Waals surface area contributed by atoms with Gasteiger partial charge in [0.2, 0.25) is 0 Å². The third-order valence-corrected chi connectivity index (χ3v) is 9.02. The summed E-state index contributed by atoms with van der Waals surface area (Å²) in [7, 11) is -13.7. The number of Topliss-reactive ketones (excluding diaryl/α,β-unsaturated/α-hetero) is 1. The van der Waals surface area contributed by atoms with Gasteiger partial charge in [-0.15, -0.1) is 10.3 Å². The number of carbonyl (C=O) groups excluding carboxylic acids is 1. The third kappa shape index (κ3) is 7.60. The van der Waals surface area contributed by atoms with Crippen molar-refractivity contribution >= 4 is 49.2 Å². The van der Waals surface area contributed by atoms with Crippen LogP contribution in [0.2, 0.25) is 0 Å². The van der Waals surface area contributed by atoms with Crippen molar-refractivity contribution in [3.8, 4) is 0 Å². The zero-order chi connectivity index (χ0) is 21.9. The van der Waals surface area contributed by atoms with E-state index in [4.69, 9.17) is 0 Å². The van der Waals surface area contributed by atoms with Crippen molar-refractivity contribution in [3.63, 3.8) is 0 Å². The van der Waals surface area contributed by atoms with E-state index in [9.17, 15) is 48.0 Å². The van der Waals surface area contributed by atoms with Crippen molar-refractivity contribution < 1.29 is 55.2 Å². The van der Waals surface area contributed by atoms with Crippen LogP contribution >= 0.6 is 23.2 Å². The monoisotopic (exact) mass is 490 g/mol. The molecule has 7 nitrogen and oxygen atoms in total. The number of hydrogen-bond donors (Lipinski definition) is 1. The van der Waals surface area contributed by atoms with Crippen molar-refractivity contribution in [2.24, 2.45) is 0 Å². The van der Waals surface area contributed by atoms with E-state index in [1.807, 2.05) is 0 Å². The van der Waals surface area contributed by atoms with Gasteiger partial charge in [-0.05, 0) is 38.3 Å². The Morgan fingerprint density at radius 1 is 0.926 bits per heavy atom. The lowest BCUT2D eigenvalue weighted by Gasteiger charge is -2.39. The van der Waals surface area contributed by atoms with Crippen LogP contribution in [0.5, 0.6) is 0 Å². The van der Waals surface area contributed by atoms with Crippen molar-refractivity contribution in [2.75, 3.05) is 12.5 Å². The Hall–Kier alpha value is -0.230. The molecular formula is C10H16F6O7S4. The highest BCUT2D eigenvalue weighted by molar-refractivity contribution is 8.33. The molecule has 1 unspecified atom stereocenters. The summed E-state index contributed by atoms with van der Waals surface area (Å²) >= 11 is 2.49. The second-order valence-electron chi connectivity index (χ2n) is 5.45. The van der Waals surface area contributed by atoms with Gasteiger partial charge in [-0.1, -0.05) is 6.42 Å². The number of rotatable bonds is 4. The quantitative estimate of drug-likeness (QED) is 0.280. The van der Waals surface area contributed by atoms with Crippen LogP contribution in [-0.4, -0.2) is 51.4 Å². The molecule has 0 N–H and O–H groups in total. The fourth-order valence-corrected chi connectivity index (χ4v) is 6.27. The highest BCUT2D eigenvalue weighted by atomic mass is 32.3. The summed E-state index contributed by atoms with van der Waals surface area (Å²) in [6.45, 7) is 0. The first-order chi connectivity index (χ1) is 11.8. The Labute approximate surface area is 159 Å². The molecule has 1 saturated carbocycles. The molecule has 0 aromatic rings. The predicted molar refractivity (Wildman–Crippen MR) is 87.8 cm³/mol. The Morgan fingerprint density at radius 3 is 1.67 bits per heavy atom. The molecule has 0 spiro atoms. The van der Waals surface area contributed by atoms with Gasteiger partial charge in [0.05, 0.1) is 5.25 Å². The molecule has 0 saturated heterocycles. The van der Waals surface area contributed by atoms with E-state index in [0.717, 1.165) is 0 Å². The van der Waals surface area contributed by atoms with Gasteiger partial charge in [0.25, 0.3) is 0 Å². The lowest BCUT2D eigenvalue weighted by molar-refractivity contribution is -0.119. The Kier molecular flexibility index (Phi) is 8.99. The Morgan fingerprint density at radius 2 is 1.37 bits per heavy atom. The van der Waals surface area contributed by atoms with E-state index in [0.29, 0.717) is 19.3 Å². The van der Waals surface area contributed by atoms with E-state index in [2.05, 4.69) is 20.2 Å². The van der Waals surface area contributed by atoms with Gasteiger partial charge in [-0.2, -0.15) is 46.8 Å². The number of halogens is 6. The highest BCUT2D eigenvalue weighted by Crippen LogP contribution is 2.53. The number of ketones is 1. The number of thiol groups is 1. The molecule has 0 bridgehead atoms. The maximum absolute atomic E-state index is 12.2. The Balaban J connectivity index is 0.000000636. The topological polar surface area (TPSA) is 104 Å². The average Bonchev–Trinajstić information content (AvgIpc) is 2.44. The van der Waals surface area contributed by atoms with Crippen LogP contribution in [0.1, 0.15) is 25.7 Å². The molecule has 0 aliphatic heterocycles. The highest BCUT2D eigenvalue weighted by Gasteiger charge is 2.51. The molecule has 1 rings (SSSR count).